The summed E-state index contributed by atoms with van der Waals surface area (Å²) in [5.74, 6) is 1.00. The van der Waals surface area contributed by atoms with Crippen LogP contribution in [0.2, 0.25) is 10.0 Å². The van der Waals surface area contributed by atoms with E-state index in [0.717, 1.165) is 11.1 Å². The Morgan fingerprint density at radius 1 is 1.07 bits per heavy atom. The summed E-state index contributed by atoms with van der Waals surface area (Å²) in [6.45, 7) is 2.81. The van der Waals surface area contributed by atoms with Gasteiger partial charge in [0.2, 0.25) is 5.91 Å². The summed E-state index contributed by atoms with van der Waals surface area (Å²) in [4.78, 5) is 12.2. The van der Waals surface area contributed by atoms with E-state index in [4.69, 9.17) is 37.4 Å². The standard InChI is InChI=1S/C21H23Cl2NO4/c1-14(16-6-8-19(20(13-16)27-3)28-11-10-26-2)24-21(25)9-5-15-4-7-17(22)18(23)12-15/h4-9,12-14H,10-11H2,1-3H3,(H,24,25)/b9-5+. The van der Waals surface area contributed by atoms with E-state index < -0.39 is 0 Å². The second-order valence-corrected chi connectivity index (χ2v) is 6.80. The van der Waals surface area contributed by atoms with Crippen LogP contribution in [0.5, 0.6) is 11.5 Å². The molecule has 5 nitrogen and oxygen atoms in total. The summed E-state index contributed by atoms with van der Waals surface area (Å²) in [6.07, 6.45) is 3.13. The molecule has 150 valence electrons. The van der Waals surface area contributed by atoms with Gasteiger partial charge in [-0.1, -0.05) is 35.3 Å². The second kappa shape index (κ2) is 11.0. The van der Waals surface area contributed by atoms with Gasteiger partial charge >= 0.3 is 0 Å². The number of halogens is 2. The van der Waals surface area contributed by atoms with E-state index in [0.29, 0.717) is 34.8 Å². The van der Waals surface area contributed by atoms with Gasteiger partial charge in [0.1, 0.15) is 6.61 Å². The van der Waals surface area contributed by atoms with Crippen LogP contribution in [0, 0.1) is 0 Å². The molecule has 0 aliphatic heterocycles. The van der Waals surface area contributed by atoms with Crippen molar-refractivity contribution >= 4 is 35.2 Å². The maximum Gasteiger partial charge on any atom is 0.244 e. The average Bonchev–Trinajstić information content (AvgIpc) is 2.69. The highest BCUT2D eigenvalue weighted by molar-refractivity contribution is 6.42. The normalized spacial score (nSPS) is 12.0. The molecule has 0 aliphatic carbocycles. The monoisotopic (exact) mass is 423 g/mol. The number of hydrogen-bond acceptors (Lipinski definition) is 4. The van der Waals surface area contributed by atoms with Gasteiger partial charge in [-0.25, -0.2) is 0 Å². The van der Waals surface area contributed by atoms with Crippen LogP contribution < -0.4 is 14.8 Å². The van der Waals surface area contributed by atoms with Gasteiger partial charge in [0.15, 0.2) is 11.5 Å². The zero-order valence-electron chi connectivity index (χ0n) is 16.0. The first-order valence-corrected chi connectivity index (χ1v) is 9.43. The number of benzene rings is 2. The van der Waals surface area contributed by atoms with Crippen LogP contribution in [0.25, 0.3) is 6.08 Å². The molecule has 1 atom stereocenters. The van der Waals surface area contributed by atoms with Crippen LogP contribution >= 0.6 is 23.2 Å². The third-order valence-corrected chi connectivity index (χ3v) is 4.70. The molecule has 0 bridgehead atoms. The number of hydrogen-bond donors (Lipinski definition) is 1. The summed E-state index contributed by atoms with van der Waals surface area (Å²) in [6, 6.07) is 10.5. The first kappa shape index (κ1) is 22.1. The van der Waals surface area contributed by atoms with E-state index >= 15 is 0 Å². The highest BCUT2D eigenvalue weighted by Crippen LogP contribution is 2.30. The zero-order chi connectivity index (χ0) is 20.5. The summed E-state index contributed by atoms with van der Waals surface area (Å²) < 4.78 is 16.0. The summed E-state index contributed by atoms with van der Waals surface area (Å²) in [5.41, 5.74) is 1.68. The lowest BCUT2D eigenvalue weighted by molar-refractivity contribution is -0.117. The van der Waals surface area contributed by atoms with Crippen molar-refractivity contribution in [2.24, 2.45) is 0 Å². The van der Waals surface area contributed by atoms with Crippen LogP contribution in [-0.2, 0) is 9.53 Å². The molecule has 1 N–H and O–H groups in total. The fourth-order valence-corrected chi connectivity index (χ4v) is 2.75. The van der Waals surface area contributed by atoms with Crippen LogP contribution in [0.3, 0.4) is 0 Å². The van der Waals surface area contributed by atoms with Gasteiger partial charge in [0.25, 0.3) is 0 Å². The Labute approximate surface area is 175 Å². The highest BCUT2D eigenvalue weighted by Gasteiger charge is 2.12. The van der Waals surface area contributed by atoms with Gasteiger partial charge in [-0.3, -0.25) is 4.79 Å². The quantitative estimate of drug-likeness (QED) is 0.459. The van der Waals surface area contributed by atoms with Crippen molar-refractivity contribution in [3.8, 4) is 11.5 Å². The maximum absolute atomic E-state index is 12.2. The lowest BCUT2D eigenvalue weighted by Crippen LogP contribution is -2.24. The molecule has 0 aromatic heterocycles. The number of ether oxygens (including phenoxy) is 3. The molecule has 1 amide bonds. The predicted octanol–water partition coefficient (Wildman–Crippen LogP) is 4.92. The number of rotatable bonds is 9. The predicted molar refractivity (Wildman–Crippen MR) is 112 cm³/mol. The summed E-state index contributed by atoms with van der Waals surface area (Å²) in [5, 5.41) is 3.83. The molecule has 1 unspecified atom stereocenters. The molecule has 0 heterocycles. The smallest absolute Gasteiger partial charge is 0.244 e. The van der Waals surface area contributed by atoms with E-state index in [1.807, 2.05) is 25.1 Å². The minimum absolute atomic E-state index is 0.215. The number of methoxy groups -OCH3 is 2. The van der Waals surface area contributed by atoms with Crippen molar-refractivity contribution in [3.05, 3.63) is 63.6 Å². The Bertz CT molecular complexity index is 839. The van der Waals surface area contributed by atoms with E-state index in [9.17, 15) is 4.79 Å². The van der Waals surface area contributed by atoms with E-state index in [2.05, 4.69) is 5.32 Å². The van der Waals surface area contributed by atoms with E-state index in [1.165, 1.54) is 6.08 Å². The van der Waals surface area contributed by atoms with E-state index in [-0.39, 0.29) is 11.9 Å². The van der Waals surface area contributed by atoms with Crippen molar-refractivity contribution < 1.29 is 19.0 Å². The van der Waals surface area contributed by atoms with Crippen LogP contribution in [0.4, 0.5) is 0 Å². The fraction of sp³-hybridized carbons (Fsp3) is 0.286. The molecule has 0 radical (unpaired) electrons. The third-order valence-electron chi connectivity index (χ3n) is 3.96. The molecule has 0 saturated heterocycles. The fourth-order valence-electron chi connectivity index (χ4n) is 2.44. The van der Waals surface area contributed by atoms with Crippen molar-refractivity contribution in [3.63, 3.8) is 0 Å². The molecule has 0 fully saturated rings. The highest BCUT2D eigenvalue weighted by atomic mass is 35.5. The summed E-state index contributed by atoms with van der Waals surface area (Å²) >= 11 is 11.9. The summed E-state index contributed by atoms with van der Waals surface area (Å²) in [7, 11) is 3.19. The molecule has 2 aromatic rings. The molecule has 0 aliphatic rings. The lowest BCUT2D eigenvalue weighted by atomic mass is 10.1. The Balaban J connectivity index is 2.00. The topological polar surface area (TPSA) is 56.8 Å². The number of amides is 1. The SMILES string of the molecule is COCCOc1ccc(C(C)NC(=O)/C=C/c2ccc(Cl)c(Cl)c2)cc1OC. The van der Waals surface area contributed by atoms with E-state index in [1.54, 1.807) is 38.5 Å². The largest absolute Gasteiger partial charge is 0.493 e. The third kappa shape index (κ3) is 6.44. The van der Waals surface area contributed by atoms with Crippen molar-refractivity contribution in [2.75, 3.05) is 27.4 Å². The Morgan fingerprint density at radius 2 is 1.86 bits per heavy atom. The Morgan fingerprint density at radius 3 is 2.54 bits per heavy atom. The van der Waals surface area contributed by atoms with Gasteiger partial charge in [-0.15, -0.1) is 0 Å². The van der Waals surface area contributed by atoms with Crippen LogP contribution in [0.1, 0.15) is 24.1 Å². The van der Waals surface area contributed by atoms with Crippen molar-refractivity contribution in [1.29, 1.82) is 0 Å². The van der Waals surface area contributed by atoms with Gasteiger partial charge in [-0.05, 0) is 48.4 Å². The first-order chi connectivity index (χ1) is 13.4. The molecule has 2 rings (SSSR count). The molecule has 0 spiro atoms. The lowest BCUT2D eigenvalue weighted by Gasteiger charge is -2.16. The Kier molecular flexibility index (Phi) is 8.64. The van der Waals surface area contributed by atoms with Crippen LogP contribution in [0.15, 0.2) is 42.5 Å². The van der Waals surface area contributed by atoms with Crippen LogP contribution in [-0.4, -0.2) is 33.3 Å². The average molecular weight is 424 g/mol. The minimum Gasteiger partial charge on any atom is -0.493 e. The molecule has 28 heavy (non-hydrogen) atoms. The molecular formula is C21H23Cl2NO4. The molecule has 2 aromatic carbocycles. The maximum atomic E-state index is 12.2. The van der Waals surface area contributed by atoms with Crippen molar-refractivity contribution in [1.82, 2.24) is 5.32 Å². The minimum atomic E-state index is -0.224. The van der Waals surface area contributed by atoms with Gasteiger partial charge in [0, 0.05) is 13.2 Å². The number of nitrogens with one attached hydrogen (secondary N) is 1. The van der Waals surface area contributed by atoms with Crippen molar-refractivity contribution in [2.45, 2.75) is 13.0 Å². The second-order valence-electron chi connectivity index (χ2n) is 5.99. The molecular weight excluding hydrogens is 401 g/mol. The first-order valence-electron chi connectivity index (χ1n) is 8.68. The number of carbonyl (C=O) groups excluding carboxylic acids is 1. The van der Waals surface area contributed by atoms with Gasteiger partial charge < -0.3 is 19.5 Å². The zero-order valence-corrected chi connectivity index (χ0v) is 17.5. The molecule has 7 heteroatoms. The number of carbonyl (C=O) groups is 1. The van der Waals surface area contributed by atoms with Gasteiger partial charge in [0.05, 0.1) is 29.8 Å². The Hall–Kier alpha value is -2.21. The molecule has 0 saturated carbocycles. The van der Waals surface area contributed by atoms with Gasteiger partial charge in [-0.2, -0.15) is 0 Å².